The average molecular weight is 757 g/mol. The molecule has 0 aromatic heterocycles. The van der Waals surface area contributed by atoms with Gasteiger partial charge in [0.15, 0.2) is 0 Å². The summed E-state index contributed by atoms with van der Waals surface area (Å²) in [5, 5.41) is 13.3. The molecule has 3 N–H and O–H groups in total. The van der Waals surface area contributed by atoms with Crippen molar-refractivity contribution in [1.29, 1.82) is 0 Å². The molecule has 17 heteroatoms. The number of rotatable bonds is 6. The third-order valence-corrected chi connectivity index (χ3v) is 10.7. The van der Waals surface area contributed by atoms with Gasteiger partial charge in [-0.1, -0.05) is 0 Å². The van der Waals surface area contributed by atoms with Crippen molar-refractivity contribution in [3.63, 3.8) is 0 Å². The first-order valence-corrected chi connectivity index (χ1v) is 18.4. The van der Waals surface area contributed by atoms with Crippen LogP contribution in [0.5, 0.6) is 0 Å². The van der Waals surface area contributed by atoms with Crippen LogP contribution >= 0.6 is 0 Å². The maximum absolute atomic E-state index is 13.6. The van der Waals surface area contributed by atoms with Crippen molar-refractivity contribution in [1.82, 2.24) is 14.9 Å². The third-order valence-electron chi connectivity index (χ3n) is 9.32. The highest BCUT2D eigenvalue weighted by Gasteiger charge is 2.32. The van der Waals surface area contributed by atoms with E-state index in [4.69, 9.17) is 0 Å². The highest BCUT2D eigenvalue weighted by molar-refractivity contribution is 7.89. The molecule has 10 nitrogen and oxygen atoms in total. The minimum absolute atomic E-state index is 0.0296. The SMILES string of the molecule is CNS(=O)(=O)c1ccc(N2CCCC(O)C2)c(C(=O)N2CCN(c3ccc(C(F)(F)F)cc3)CC2)c1.FC(F)(F)c1ccc(N2CCNCC2)cc1. The Bertz CT molecular complexity index is 1760. The van der Waals surface area contributed by atoms with Crippen LogP contribution in [0.25, 0.3) is 0 Å². The van der Waals surface area contributed by atoms with Crippen LogP contribution in [0.3, 0.4) is 0 Å². The van der Waals surface area contributed by atoms with E-state index >= 15 is 0 Å². The molecule has 3 aromatic rings. The van der Waals surface area contributed by atoms with Gasteiger partial charge in [0.05, 0.1) is 27.7 Å². The molecule has 6 rings (SSSR count). The summed E-state index contributed by atoms with van der Waals surface area (Å²) in [5.41, 5.74) is 0.996. The maximum atomic E-state index is 13.6. The number of halogens is 6. The third kappa shape index (κ3) is 9.67. The average Bonchev–Trinajstić information content (AvgIpc) is 3.14. The lowest BCUT2D eigenvalue weighted by molar-refractivity contribution is -0.138. The first-order chi connectivity index (χ1) is 24.6. The number of piperidine rings is 1. The number of nitrogens with one attached hydrogen (secondary N) is 2. The molecule has 3 heterocycles. The van der Waals surface area contributed by atoms with Gasteiger partial charge in [0.2, 0.25) is 10.0 Å². The number of anilines is 3. The van der Waals surface area contributed by atoms with Gasteiger partial charge in [-0.05, 0) is 86.6 Å². The Hall–Kier alpha value is -4.06. The molecule has 0 aliphatic carbocycles. The van der Waals surface area contributed by atoms with Crippen molar-refractivity contribution in [3.05, 3.63) is 83.4 Å². The van der Waals surface area contributed by atoms with E-state index in [2.05, 4.69) is 14.9 Å². The highest BCUT2D eigenvalue weighted by atomic mass is 32.2. The molecule has 1 atom stereocenters. The van der Waals surface area contributed by atoms with Crippen molar-refractivity contribution in [2.24, 2.45) is 0 Å². The summed E-state index contributed by atoms with van der Waals surface area (Å²) in [5.74, 6) is -0.328. The molecule has 3 aliphatic rings. The Morgan fingerprint density at radius 1 is 0.750 bits per heavy atom. The Balaban J connectivity index is 0.000000272. The topological polar surface area (TPSA) is 108 Å². The van der Waals surface area contributed by atoms with Gasteiger partial charge in [0, 0.05) is 82.5 Å². The summed E-state index contributed by atoms with van der Waals surface area (Å²) in [4.78, 5) is 21.1. The number of hydrogen-bond acceptors (Lipinski definition) is 8. The van der Waals surface area contributed by atoms with Crippen LogP contribution in [-0.4, -0.2) is 103 Å². The van der Waals surface area contributed by atoms with Crippen LogP contribution < -0.4 is 24.7 Å². The van der Waals surface area contributed by atoms with Gasteiger partial charge >= 0.3 is 12.4 Å². The van der Waals surface area contributed by atoms with E-state index in [0.29, 0.717) is 57.1 Å². The number of piperazine rings is 2. The first-order valence-electron chi connectivity index (χ1n) is 16.9. The Labute approximate surface area is 299 Å². The second-order valence-electron chi connectivity index (χ2n) is 12.7. The van der Waals surface area contributed by atoms with Crippen LogP contribution in [0.2, 0.25) is 0 Å². The minimum atomic E-state index is -4.40. The molecule has 3 aliphatic heterocycles. The molecule has 3 saturated heterocycles. The van der Waals surface area contributed by atoms with Gasteiger partial charge in [-0.3, -0.25) is 4.79 Å². The summed E-state index contributed by atoms with van der Waals surface area (Å²) in [6, 6.07) is 14.7. The van der Waals surface area contributed by atoms with Gasteiger partial charge in [-0.25, -0.2) is 13.1 Å². The number of amides is 1. The number of aliphatic hydroxyl groups excluding tert-OH is 1. The quantitative estimate of drug-likeness (QED) is 0.313. The number of nitrogens with zero attached hydrogens (tertiary/aromatic N) is 4. The van der Waals surface area contributed by atoms with Crippen molar-refractivity contribution < 1.29 is 44.7 Å². The van der Waals surface area contributed by atoms with Gasteiger partial charge in [-0.2, -0.15) is 26.3 Å². The molecule has 3 aromatic carbocycles. The molecule has 0 bridgehead atoms. The molecular formula is C35H42F6N6O4S. The Kier molecular flexibility index (Phi) is 12.3. The zero-order valence-electron chi connectivity index (χ0n) is 28.6. The second-order valence-corrected chi connectivity index (χ2v) is 14.6. The normalized spacial score (nSPS) is 18.9. The summed E-state index contributed by atoms with van der Waals surface area (Å²) in [7, 11) is -2.48. The van der Waals surface area contributed by atoms with E-state index in [9.17, 15) is 44.7 Å². The molecule has 1 unspecified atom stereocenters. The summed E-state index contributed by atoms with van der Waals surface area (Å²) in [6.45, 7) is 5.90. The Morgan fingerprint density at radius 2 is 1.27 bits per heavy atom. The predicted octanol–water partition coefficient (Wildman–Crippen LogP) is 4.65. The van der Waals surface area contributed by atoms with Crippen LogP contribution in [0.1, 0.15) is 34.3 Å². The summed E-state index contributed by atoms with van der Waals surface area (Å²) < 4.78 is 103. The zero-order chi connectivity index (χ0) is 37.7. The van der Waals surface area contributed by atoms with Gasteiger partial charge in [0.25, 0.3) is 5.91 Å². The van der Waals surface area contributed by atoms with Crippen LogP contribution in [-0.2, 0) is 22.4 Å². The second kappa shape index (κ2) is 16.3. The highest BCUT2D eigenvalue weighted by Crippen LogP contribution is 2.33. The van der Waals surface area contributed by atoms with Gasteiger partial charge in [0.1, 0.15) is 0 Å². The zero-order valence-corrected chi connectivity index (χ0v) is 29.4. The standard InChI is InChI=1S/C24H29F3N4O4S.C11H13F3N2/c1-28-36(34,35)20-8-9-22(31-10-2-3-19(32)16-31)21(15-20)23(33)30-13-11-29(12-14-30)18-6-4-17(5-7-18)24(25,26)27;12-11(13,14)9-1-3-10(4-2-9)16-7-5-15-6-8-16/h4-9,15,19,28,32H,2-3,10-14,16H2,1H3;1-4,15H,5-8H2. The predicted molar refractivity (Wildman–Crippen MR) is 186 cm³/mol. The van der Waals surface area contributed by atoms with Crippen LogP contribution in [0, 0.1) is 0 Å². The van der Waals surface area contributed by atoms with E-state index in [-0.39, 0.29) is 16.4 Å². The monoisotopic (exact) mass is 756 g/mol. The molecule has 0 spiro atoms. The van der Waals surface area contributed by atoms with Gasteiger partial charge < -0.3 is 30.0 Å². The van der Waals surface area contributed by atoms with E-state index < -0.39 is 39.6 Å². The lowest BCUT2D eigenvalue weighted by Gasteiger charge is -2.38. The lowest BCUT2D eigenvalue weighted by atomic mass is 10.0. The number of aliphatic hydroxyl groups is 1. The first kappa shape index (κ1) is 39.2. The fraction of sp³-hybridized carbons (Fsp3) is 0.457. The summed E-state index contributed by atoms with van der Waals surface area (Å²) in [6.07, 6.45) is -7.77. The summed E-state index contributed by atoms with van der Waals surface area (Å²) >= 11 is 0. The Morgan fingerprint density at radius 3 is 1.75 bits per heavy atom. The van der Waals surface area contributed by atoms with Crippen molar-refractivity contribution in [2.45, 2.75) is 36.2 Å². The molecule has 52 heavy (non-hydrogen) atoms. The largest absolute Gasteiger partial charge is 0.416 e. The van der Waals surface area contributed by atoms with Crippen molar-refractivity contribution in [2.75, 3.05) is 87.2 Å². The molecule has 3 fully saturated rings. The van der Waals surface area contributed by atoms with E-state index in [1.165, 1.54) is 43.4 Å². The smallest absolute Gasteiger partial charge is 0.391 e. The fourth-order valence-electron chi connectivity index (χ4n) is 6.40. The van der Waals surface area contributed by atoms with E-state index in [1.807, 2.05) is 9.80 Å². The number of β-amino-alcohol motifs (C(OH)–C–C–N with tert-alkyl or cyclic N) is 1. The van der Waals surface area contributed by atoms with E-state index in [1.54, 1.807) is 11.0 Å². The molecule has 1 amide bonds. The molecule has 284 valence electrons. The number of carbonyl (C=O) groups excluding carboxylic acids is 1. The fourth-order valence-corrected chi connectivity index (χ4v) is 7.16. The molecule has 0 radical (unpaired) electrons. The van der Waals surface area contributed by atoms with Crippen molar-refractivity contribution in [3.8, 4) is 0 Å². The lowest BCUT2D eigenvalue weighted by Crippen LogP contribution is -2.49. The van der Waals surface area contributed by atoms with E-state index in [0.717, 1.165) is 62.6 Å². The van der Waals surface area contributed by atoms with Crippen molar-refractivity contribution >= 4 is 33.0 Å². The minimum Gasteiger partial charge on any atom is -0.391 e. The number of sulfonamides is 1. The molecular weight excluding hydrogens is 714 g/mol. The van der Waals surface area contributed by atoms with Gasteiger partial charge in [-0.15, -0.1) is 0 Å². The number of carbonyl (C=O) groups is 1. The van der Waals surface area contributed by atoms with Crippen LogP contribution in [0.4, 0.5) is 43.4 Å². The number of hydrogen-bond donors (Lipinski definition) is 3. The number of benzene rings is 3. The number of alkyl halides is 6. The maximum Gasteiger partial charge on any atom is 0.416 e. The van der Waals surface area contributed by atoms with Crippen LogP contribution in [0.15, 0.2) is 71.6 Å². The molecule has 0 saturated carbocycles.